The number of aryl methyl sites for hydroxylation is 1. The number of benzene rings is 2. The van der Waals surface area contributed by atoms with Crippen molar-refractivity contribution in [3.05, 3.63) is 91.9 Å². The molecule has 0 spiro atoms. The van der Waals surface area contributed by atoms with E-state index in [0.717, 1.165) is 14.8 Å². The lowest BCUT2D eigenvalue weighted by Crippen LogP contribution is -2.22. The third-order valence-corrected chi connectivity index (χ3v) is 4.73. The Morgan fingerprint density at radius 1 is 1.08 bits per heavy atom. The largest absolute Gasteiger partial charge is 0.465 e. The van der Waals surface area contributed by atoms with Gasteiger partial charge in [0.2, 0.25) is 0 Å². The zero-order valence-corrected chi connectivity index (χ0v) is 16.2. The van der Waals surface area contributed by atoms with Gasteiger partial charge in [-0.05, 0) is 89.7 Å². The van der Waals surface area contributed by atoms with Gasteiger partial charge in [-0.3, -0.25) is 9.36 Å². The molecule has 0 bridgehead atoms. The van der Waals surface area contributed by atoms with Crippen molar-refractivity contribution in [2.75, 3.05) is 0 Å². The predicted molar refractivity (Wildman–Crippen MR) is 112 cm³/mol. The first-order chi connectivity index (χ1) is 12.6. The molecule has 0 aliphatic rings. The first-order valence-electron chi connectivity index (χ1n) is 8.13. The van der Waals surface area contributed by atoms with Gasteiger partial charge in [0, 0.05) is 3.57 Å². The van der Waals surface area contributed by atoms with Gasteiger partial charge in [0.25, 0.3) is 5.56 Å². The molecule has 4 aromatic rings. The fourth-order valence-corrected chi connectivity index (χ4v) is 3.34. The fraction of sp³-hybridized carbons (Fsp3) is 0.0476. The molecule has 0 fully saturated rings. The van der Waals surface area contributed by atoms with Crippen molar-refractivity contribution in [1.82, 2.24) is 9.55 Å². The van der Waals surface area contributed by atoms with E-state index in [1.165, 1.54) is 0 Å². The van der Waals surface area contributed by atoms with E-state index in [1.807, 2.05) is 67.6 Å². The van der Waals surface area contributed by atoms with Gasteiger partial charge in [0.1, 0.15) is 11.6 Å². The molecule has 2 aromatic heterocycles. The molecule has 0 saturated heterocycles. The van der Waals surface area contributed by atoms with Gasteiger partial charge in [-0.2, -0.15) is 0 Å². The number of hydrogen-bond donors (Lipinski definition) is 0. The topological polar surface area (TPSA) is 48.0 Å². The summed E-state index contributed by atoms with van der Waals surface area (Å²) in [5.41, 5.74) is 2.47. The monoisotopic (exact) mass is 454 g/mol. The van der Waals surface area contributed by atoms with E-state index in [0.29, 0.717) is 22.5 Å². The number of nitrogens with zero attached hydrogens (tertiary/aromatic N) is 2. The molecule has 0 unspecified atom stereocenters. The lowest BCUT2D eigenvalue weighted by molar-refractivity contribution is 0.557. The van der Waals surface area contributed by atoms with E-state index < -0.39 is 0 Å². The van der Waals surface area contributed by atoms with Gasteiger partial charge >= 0.3 is 0 Å². The number of rotatable bonds is 3. The average Bonchev–Trinajstić information content (AvgIpc) is 3.14. The van der Waals surface area contributed by atoms with Crippen LogP contribution in [0.15, 0.2) is 70.1 Å². The highest BCUT2D eigenvalue weighted by molar-refractivity contribution is 14.1. The van der Waals surface area contributed by atoms with Crippen LogP contribution < -0.4 is 5.56 Å². The Balaban J connectivity index is 2.00. The van der Waals surface area contributed by atoms with Crippen molar-refractivity contribution in [3.8, 4) is 5.69 Å². The van der Waals surface area contributed by atoms with Crippen molar-refractivity contribution < 1.29 is 4.42 Å². The Morgan fingerprint density at radius 2 is 1.96 bits per heavy atom. The van der Waals surface area contributed by atoms with Gasteiger partial charge in [-0.15, -0.1) is 0 Å². The Hall–Kier alpha value is -2.67. The van der Waals surface area contributed by atoms with Crippen molar-refractivity contribution >= 4 is 45.6 Å². The third kappa shape index (κ3) is 3.22. The van der Waals surface area contributed by atoms with E-state index in [2.05, 4.69) is 22.6 Å². The first-order valence-corrected chi connectivity index (χ1v) is 9.21. The minimum Gasteiger partial charge on any atom is -0.465 e. The summed E-state index contributed by atoms with van der Waals surface area (Å²) in [4.78, 5) is 18.0. The molecular weight excluding hydrogens is 439 g/mol. The summed E-state index contributed by atoms with van der Waals surface area (Å²) in [6.07, 6.45) is 5.23. The molecule has 128 valence electrons. The molecule has 0 radical (unpaired) electrons. The lowest BCUT2D eigenvalue weighted by Gasteiger charge is -2.12. The van der Waals surface area contributed by atoms with Gasteiger partial charge in [-0.1, -0.05) is 12.1 Å². The number of hydrogen-bond acceptors (Lipinski definition) is 3. The number of aromatic nitrogens is 2. The van der Waals surface area contributed by atoms with Crippen LogP contribution in [0, 0.1) is 10.5 Å². The number of furan rings is 1. The highest BCUT2D eigenvalue weighted by Gasteiger charge is 2.12. The van der Waals surface area contributed by atoms with E-state index in [-0.39, 0.29) is 5.56 Å². The van der Waals surface area contributed by atoms with Crippen molar-refractivity contribution in [3.63, 3.8) is 0 Å². The molecule has 0 N–H and O–H groups in total. The maximum atomic E-state index is 13.2. The Kier molecular flexibility index (Phi) is 4.46. The van der Waals surface area contributed by atoms with E-state index in [9.17, 15) is 4.79 Å². The molecule has 4 rings (SSSR count). The van der Waals surface area contributed by atoms with Crippen molar-refractivity contribution in [2.24, 2.45) is 0 Å². The first kappa shape index (κ1) is 16.8. The maximum Gasteiger partial charge on any atom is 0.266 e. The van der Waals surface area contributed by atoms with Gasteiger partial charge in [-0.25, -0.2) is 4.98 Å². The van der Waals surface area contributed by atoms with Crippen LogP contribution in [0.25, 0.3) is 28.7 Å². The van der Waals surface area contributed by atoms with Crippen LogP contribution in [0.1, 0.15) is 17.1 Å². The SMILES string of the molecule is Cc1cccc(-n2c(C=Cc3ccco3)nc3ccc(I)cc3c2=O)c1. The van der Waals surface area contributed by atoms with Crippen molar-refractivity contribution in [2.45, 2.75) is 6.92 Å². The lowest BCUT2D eigenvalue weighted by atomic mass is 10.2. The standard InChI is InChI=1S/C21H15IN2O2/c1-14-4-2-5-16(12-14)24-20(10-8-17-6-3-11-26-17)23-19-9-7-15(22)13-18(19)21(24)25/h2-13H,1H3. The summed E-state index contributed by atoms with van der Waals surface area (Å²) in [6, 6.07) is 17.2. The molecule has 0 atom stereocenters. The van der Waals surface area contributed by atoms with Gasteiger partial charge in [0.15, 0.2) is 0 Å². The summed E-state index contributed by atoms with van der Waals surface area (Å²) in [5.74, 6) is 1.27. The highest BCUT2D eigenvalue weighted by atomic mass is 127. The van der Waals surface area contributed by atoms with Gasteiger partial charge < -0.3 is 4.42 Å². The molecule has 0 amide bonds. The van der Waals surface area contributed by atoms with E-state index >= 15 is 0 Å². The zero-order valence-electron chi connectivity index (χ0n) is 14.0. The molecule has 5 heteroatoms. The van der Waals surface area contributed by atoms with Crippen molar-refractivity contribution in [1.29, 1.82) is 0 Å². The number of fused-ring (bicyclic) bond motifs is 1. The second-order valence-electron chi connectivity index (χ2n) is 5.96. The maximum absolute atomic E-state index is 13.2. The predicted octanol–water partition coefficient (Wildman–Crippen LogP) is 5.06. The van der Waals surface area contributed by atoms with E-state index in [1.54, 1.807) is 16.9 Å². The summed E-state index contributed by atoms with van der Waals surface area (Å²) in [5, 5.41) is 0.605. The molecule has 0 saturated carbocycles. The van der Waals surface area contributed by atoms with Crippen LogP contribution in [0.4, 0.5) is 0 Å². The smallest absolute Gasteiger partial charge is 0.266 e. The Morgan fingerprint density at radius 3 is 2.73 bits per heavy atom. The third-order valence-electron chi connectivity index (χ3n) is 4.06. The average molecular weight is 454 g/mol. The van der Waals surface area contributed by atoms with Gasteiger partial charge in [0.05, 0.1) is 22.9 Å². The summed E-state index contributed by atoms with van der Waals surface area (Å²) >= 11 is 2.21. The molecule has 2 aromatic carbocycles. The summed E-state index contributed by atoms with van der Waals surface area (Å²) < 4.78 is 8.00. The Labute approximate surface area is 163 Å². The molecule has 0 aliphatic carbocycles. The van der Waals surface area contributed by atoms with Crippen LogP contribution in [0.2, 0.25) is 0 Å². The minimum atomic E-state index is -0.0850. The summed E-state index contributed by atoms with van der Waals surface area (Å²) in [6.45, 7) is 2.00. The second-order valence-corrected chi connectivity index (χ2v) is 7.21. The zero-order chi connectivity index (χ0) is 18.1. The molecule has 0 aliphatic heterocycles. The number of halogens is 1. The van der Waals surface area contributed by atoms with Crippen LogP contribution in [-0.4, -0.2) is 9.55 Å². The Bertz CT molecular complexity index is 1170. The highest BCUT2D eigenvalue weighted by Crippen LogP contribution is 2.18. The quantitative estimate of drug-likeness (QED) is 0.407. The van der Waals surface area contributed by atoms with E-state index in [4.69, 9.17) is 9.40 Å². The van der Waals surface area contributed by atoms with Crippen LogP contribution in [-0.2, 0) is 0 Å². The molecular formula is C21H15IN2O2. The molecule has 4 nitrogen and oxygen atoms in total. The van der Waals surface area contributed by atoms with Crippen LogP contribution in [0.3, 0.4) is 0 Å². The summed E-state index contributed by atoms with van der Waals surface area (Å²) in [7, 11) is 0. The second kappa shape index (κ2) is 6.92. The minimum absolute atomic E-state index is 0.0850. The molecule has 26 heavy (non-hydrogen) atoms. The molecule has 2 heterocycles. The van der Waals surface area contributed by atoms with Crippen LogP contribution >= 0.6 is 22.6 Å². The normalized spacial score (nSPS) is 11.5. The fourth-order valence-electron chi connectivity index (χ4n) is 2.85. The van der Waals surface area contributed by atoms with Crippen LogP contribution in [0.5, 0.6) is 0 Å².